The molecule has 0 bridgehead atoms. The third-order valence-electron chi connectivity index (χ3n) is 7.49. The molecule has 0 unspecified atom stereocenters. The number of hydrogen-bond donors (Lipinski definition) is 0. The molecule has 2 aliphatic rings. The first-order chi connectivity index (χ1) is 15.9. The summed E-state index contributed by atoms with van der Waals surface area (Å²) in [4.78, 5) is 0. The van der Waals surface area contributed by atoms with Crippen LogP contribution in [-0.2, 0) is 5.41 Å². The summed E-state index contributed by atoms with van der Waals surface area (Å²) in [5, 5.41) is 2.37. The maximum absolute atomic E-state index is 6.28. The van der Waals surface area contributed by atoms with Gasteiger partial charge in [-0.25, -0.2) is 0 Å². The molecule has 0 saturated carbocycles. The van der Waals surface area contributed by atoms with Crippen LogP contribution in [0.1, 0.15) is 22.3 Å². The second-order valence-electron chi connectivity index (χ2n) is 8.88. The van der Waals surface area contributed by atoms with E-state index in [9.17, 15) is 0 Å². The quantitative estimate of drug-likeness (QED) is 0.249. The van der Waals surface area contributed by atoms with Gasteiger partial charge in [0, 0.05) is 10.8 Å². The maximum Gasteiger partial charge on any atom is 0.136 e. The monoisotopic (exact) mass is 406 g/mol. The van der Waals surface area contributed by atoms with Crippen molar-refractivity contribution in [3.05, 3.63) is 131 Å². The minimum absolute atomic E-state index is 0.300. The van der Waals surface area contributed by atoms with Crippen LogP contribution in [0.3, 0.4) is 0 Å². The van der Waals surface area contributed by atoms with Crippen LogP contribution in [0.2, 0.25) is 0 Å². The highest BCUT2D eigenvalue weighted by atomic mass is 16.3. The fourth-order valence-corrected chi connectivity index (χ4v) is 6.31. The van der Waals surface area contributed by atoms with Crippen molar-refractivity contribution >= 4 is 21.9 Å². The van der Waals surface area contributed by atoms with Crippen LogP contribution in [-0.4, -0.2) is 0 Å². The number of hydrogen-bond acceptors (Lipinski definition) is 1. The van der Waals surface area contributed by atoms with E-state index in [2.05, 4.69) is 103 Å². The van der Waals surface area contributed by atoms with Crippen LogP contribution in [0.5, 0.6) is 0 Å². The summed E-state index contributed by atoms with van der Waals surface area (Å²) in [5.74, 6) is 0. The molecule has 0 saturated heterocycles. The molecule has 1 aromatic heterocycles. The van der Waals surface area contributed by atoms with Gasteiger partial charge in [0.1, 0.15) is 11.2 Å². The number of fused-ring (bicyclic) bond motifs is 13. The zero-order valence-corrected chi connectivity index (χ0v) is 17.3. The molecular weight excluding hydrogens is 388 g/mol. The van der Waals surface area contributed by atoms with E-state index in [1.807, 2.05) is 6.07 Å². The Bertz CT molecular complexity index is 1690. The molecule has 2 aliphatic carbocycles. The van der Waals surface area contributed by atoms with E-state index in [0.717, 1.165) is 11.2 Å². The van der Waals surface area contributed by atoms with Crippen molar-refractivity contribution in [2.24, 2.45) is 0 Å². The lowest BCUT2D eigenvalue weighted by atomic mass is 9.70. The fraction of sp³-hybridized carbons (Fsp3) is 0.0323. The third kappa shape index (κ3) is 1.75. The molecular formula is C31H18O. The molecule has 0 N–H and O–H groups in total. The van der Waals surface area contributed by atoms with Crippen molar-refractivity contribution in [2.75, 3.05) is 0 Å². The van der Waals surface area contributed by atoms with Gasteiger partial charge < -0.3 is 4.42 Å². The van der Waals surface area contributed by atoms with Crippen LogP contribution in [0.25, 0.3) is 44.2 Å². The SMILES string of the molecule is c1ccc2c(c1)-c1ccccc1C21c2ccccc2-c2cc3oc4ccccc4c3cc21. The molecule has 1 spiro atoms. The Balaban J connectivity index is 1.62. The molecule has 0 fully saturated rings. The number of furan rings is 1. The highest BCUT2D eigenvalue weighted by molar-refractivity contribution is 6.08. The summed E-state index contributed by atoms with van der Waals surface area (Å²) in [7, 11) is 0. The van der Waals surface area contributed by atoms with E-state index in [-0.39, 0.29) is 5.41 Å². The largest absolute Gasteiger partial charge is 0.456 e. The second kappa shape index (κ2) is 5.57. The molecule has 0 aliphatic heterocycles. The maximum atomic E-state index is 6.28. The lowest BCUT2D eigenvalue weighted by molar-refractivity contribution is 0.669. The number of benzene rings is 5. The van der Waals surface area contributed by atoms with E-state index in [0.29, 0.717) is 0 Å². The summed E-state index contributed by atoms with van der Waals surface area (Å²) in [6.07, 6.45) is 0. The molecule has 5 aromatic carbocycles. The molecule has 8 rings (SSSR count). The Morgan fingerprint density at radius 1 is 0.406 bits per heavy atom. The molecule has 0 atom stereocenters. The van der Waals surface area contributed by atoms with Gasteiger partial charge in [-0.2, -0.15) is 0 Å². The third-order valence-corrected chi connectivity index (χ3v) is 7.49. The Kier molecular flexibility index (Phi) is 2.89. The molecule has 0 amide bonds. The first-order valence-corrected chi connectivity index (χ1v) is 11.1. The van der Waals surface area contributed by atoms with Gasteiger partial charge in [0.2, 0.25) is 0 Å². The normalized spacial score (nSPS) is 14.5. The number of rotatable bonds is 0. The predicted octanol–water partition coefficient (Wildman–Crippen LogP) is 7.93. The Hall–Kier alpha value is -4.10. The first-order valence-electron chi connectivity index (χ1n) is 11.1. The van der Waals surface area contributed by atoms with Crippen molar-refractivity contribution in [1.82, 2.24) is 0 Å². The van der Waals surface area contributed by atoms with E-state index in [1.54, 1.807) is 0 Å². The molecule has 148 valence electrons. The van der Waals surface area contributed by atoms with Crippen LogP contribution in [0.4, 0.5) is 0 Å². The van der Waals surface area contributed by atoms with Gasteiger partial charge in [-0.1, -0.05) is 91.0 Å². The highest BCUT2D eigenvalue weighted by Crippen LogP contribution is 2.63. The van der Waals surface area contributed by atoms with Gasteiger partial charge in [-0.15, -0.1) is 0 Å². The van der Waals surface area contributed by atoms with Crippen LogP contribution in [0.15, 0.2) is 114 Å². The van der Waals surface area contributed by atoms with Crippen molar-refractivity contribution in [3.8, 4) is 22.3 Å². The van der Waals surface area contributed by atoms with Crippen molar-refractivity contribution in [2.45, 2.75) is 5.41 Å². The van der Waals surface area contributed by atoms with Gasteiger partial charge in [0.05, 0.1) is 5.41 Å². The molecule has 0 radical (unpaired) electrons. The lowest BCUT2D eigenvalue weighted by Crippen LogP contribution is -2.25. The molecule has 1 nitrogen and oxygen atoms in total. The first kappa shape index (κ1) is 16.6. The van der Waals surface area contributed by atoms with Crippen LogP contribution < -0.4 is 0 Å². The van der Waals surface area contributed by atoms with Gasteiger partial charge in [0.15, 0.2) is 0 Å². The van der Waals surface area contributed by atoms with Crippen LogP contribution in [0, 0.1) is 0 Å². The number of para-hydroxylation sites is 1. The highest BCUT2D eigenvalue weighted by Gasteiger charge is 2.51. The minimum Gasteiger partial charge on any atom is -0.456 e. The zero-order chi connectivity index (χ0) is 20.9. The minimum atomic E-state index is -0.300. The van der Waals surface area contributed by atoms with Crippen molar-refractivity contribution < 1.29 is 4.42 Å². The average molecular weight is 406 g/mol. The summed E-state index contributed by atoms with van der Waals surface area (Å²) in [5.41, 5.74) is 12.3. The predicted molar refractivity (Wildman–Crippen MR) is 130 cm³/mol. The standard InChI is InChI=1S/C31H18O/c1-5-13-25-19(9-1)20-10-2-6-14-26(20)31(25)27-15-7-3-11-21(27)23-18-30-24(17-28(23)31)22-12-4-8-16-29(22)32-30/h1-18H. The van der Waals surface area contributed by atoms with E-state index in [4.69, 9.17) is 4.42 Å². The van der Waals surface area contributed by atoms with Crippen molar-refractivity contribution in [1.29, 1.82) is 0 Å². The van der Waals surface area contributed by atoms with E-state index >= 15 is 0 Å². The molecule has 32 heavy (non-hydrogen) atoms. The topological polar surface area (TPSA) is 13.1 Å². The fourth-order valence-electron chi connectivity index (χ4n) is 6.31. The molecule has 1 heterocycles. The Morgan fingerprint density at radius 3 is 1.59 bits per heavy atom. The smallest absolute Gasteiger partial charge is 0.136 e. The molecule has 6 aromatic rings. The summed E-state index contributed by atoms with van der Waals surface area (Å²) in [6.45, 7) is 0. The summed E-state index contributed by atoms with van der Waals surface area (Å²) < 4.78 is 6.28. The summed E-state index contributed by atoms with van der Waals surface area (Å²) >= 11 is 0. The van der Waals surface area contributed by atoms with Crippen LogP contribution >= 0.6 is 0 Å². The van der Waals surface area contributed by atoms with Gasteiger partial charge in [-0.3, -0.25) is 0 Å². The Morgan fingerprint density at radius 2 is 0.938 bits per heavy atom. The zero-order valence-electron chi connectivity index (χ0n) is 17.3. The molecule has 1 heteroatoms. The Labute approximate surface area is 185 Å². The second-order valence-corrected chi connectivity index (χ2v) is 8.88. The summed E-state index contributed by atoms with van der Waals surface area (Å²) in [6, 6.07) is 39.8. The average Bonchev–Trinajstić information content (AvgIpc) is 3.46. The van der Waals surface area contributed by atoms with E-state index in [1.165, 1.54) is 55.3 Å². The lowest BCUT2D eigenvalue weighted by Gasteiger charge is -2.30. The van der Waals surface area contributed by atoms with Crippen molar-refractivity contribution in [3.63, 3.8) is 0 Å². The van der Waals surface area contributed by atoms with Gasteiger partial charge in [-0.05, 0) is 62.7 Å². The van der Waals surface area contributed by atoms with Gasteiger partial charge in [0.25, 0.3) is 0 Å². The van der Waals surface area contributed by atoms with E-state index < -0.39 is 0 Å². The van der Waals surface area contributed by atoms with Gasteiger partial charge >= 0.3 is 0 Å².